The first-order valence-corrected chi connectivity index (χ1v) is 18.8. The third kappa shape index (κ3) is 5.49. The van der Waals surface area contributed by atoms with Crippen molar-refractivity contribution in [3.05, 3.63) is 47.7 Å². The first kappa shape index (κ1) is 35.4. The maximum absolute atomic E-state index is 17.8. The van der Waals surface area contributed by atoms with Gasteiger partial charge in [-0.15, -0.1) is 0 Å². The van der Waals surface area contributed by atoms with Crippen LogP contribution < -0.4 is 9.64 Å². The van der Waals surface area contributed by atoms with Gasteiger partial charge in [-0.2, -0.15) is 15.1 Å². The van der Waals surface area contributed by atoms with Crippen molar-refractivity contribution < 1.29 is 32.1 Å². The summed E-state index contributed by atoms with van der Waals surface area (Å²) in [6.45, 7) is 3.19. The van der Waals surface area contributed by atoms with E-state index < -0.39 is 23.0 Å². The highest BCUT2D eigenvalue weighted by Crippen LogP contribution is 2.61. The van der Waals surface area contributed by atoms with Crippen LogP contribution >= 0.6 is 0 Å². The molecule has 2 bridgehead atoms. The lowest BCUT2D eigenvalue weighted by atomic mass is 9.87. The fourth-order valence-corrected chi connectivity index (χ4v) is 9.62. The lowest BCUT2D eigenvalue weighted by Gasteiger charge is -2.49. The molecule has 2 unspecified atom stereocenters. The number of aryl methyl sites for hydroxylation is 2. The van der Waals surface area contributed by atoms with Gasteiger partial charge in [0.15, 0.2) is 5.82 Å². The Bertz CT molecular complexity index is 2300. The lowest BCUT2D eigenvalue weighted by Crippen LogP contribution is -2.60. The number of methoxy groups -OCH3 is 1. The van der Waals surface area contributed by atoms with E-state index in [0.717, 1.165) is 38.8 Å². The summed E-state index contributed by atoms with van der Waals surface area (Å²) in [4.78, 5) is 16.1. The number of halogens is 4. The number of likely N-dealkylation sites (tertiary alicyclic amines) is 1. The molecule has 286 valence electrons. The van der Waals surface area contributed by atoms with E-state index in [1.54, 1.807) is 50.1 Å². The number of benzene rings is 3. The zero-order valence-electron chi connectivity index (χ0n) is 31.2. The minimum Gasteiger partial charge on any atom is -0.508 e. The van der Waals surface area contributed by atoms with Gasteiger partial charge in [0, 0.05) is 75.5 Å². The number of hydrogen-bond acceptors (Lipinski definition) is 9. The number of aromatic hydroxyl groups is 1. The molecular weight excluding hydrogens is 702 g/mol. The third-order valence-electron chi connectivity index (χ3n) is 12.4. The summed E-state index contributed by atoms with van der Waals surface area (Å²) in [5.41, 5.74) is -0.443. The van der Waals surface area contributed by atoms with Crippen molar-refractivity contribution in [2.75, 3.05) is 52.3 Å². The van der Waals surface area contributed by atoms with E-state index in [-0.39, 0.29) is 66.2 Å². The highest BCUT2D eigenvalue weighted by atomic mass is 19.3. The second-order valence-electron chi connectivity index (χ2n) is 16.2. The second kappa shape index (κ2) is 12.6. The summed E-state index contributed by atoms with van der Waals surface area (Å²) in [5.74, 6) is -3.73. The number of phenols is 1. The number of ether oxygens (including phenoxy) is 2. The van der Waals surface area contributed by atoms with Gasteiger partial charge in [0.1, 0.15) is 35.0 Å². The monoisotopic (exact) mass is 747 g/mol. The van der Waals surface area contributed by atoms with Crippen molar-refractivity contribution >= 4 is 38.4 Å². The van der Waals surface area contributed by atoms with E-state index in [0.29, 0.717) is 50.9 Å². The SMILES string of the molecule is CCc1c(F)ccc2cc(O)cc(-c3c(F)c4nc(OC[C@]5(CN(C)C)CC5(F)F)nc(N5C6CCC5CN(C5CC(OC)C5)C6)c4c4cn(C)nc34)c12. The number of anilines is 1. The molecule has 4 heterocycles. The number of alkyl halides is 2. The van der Waals surface area contributed by atoms with Crippen molar-refractivity contribution in [2.45, 2.75) is 75.6 Å². The second-order valence-corrected chi connectivity index (χ2v) is 16.2. The topological polar surface area (TPSA) is 92.0 Å². The molecule has 4 fully saturated rings. The van der Waals surface area contributed by atoms with Crippen LogP contribution in [0.4, 0.5) is 23.4 Å². The van der Waals surface area contributed by atoms with Gasteiger partial charge in [0.05, 0.1) is 16.9 Å². The van der Waals surface area contributed by atoms with E-state index in [1.807, 2.05) is 6.92 Å². The Hall–Kier alpha value is -4.27. The molecule has 0 amide bonds. The van der Waals surface area contributed by atoms with Crippen LogP contribution in [0.15, 0.2) is 30.5 Å². The molecule has 2 saturated heterocycles. The number of aromatic nitrogens is 4. The average molecular weight is 748 g/mol. The molecule has 2 aromatic heterocycles. The van der Waals surface area contributed by atoms with Crippen molar-refractivity contribution in [3.8, 4) is 22.9 Å². The van der Waals surface area contributed by atoms with Crippen LogP contribution in [0.1, 0.15) is 44.6 Å². The Morgan fingerprint density at radius 1 is 1.00 bits per heavy atom. The fourth-order valence-electron chi connectivity index (χ4n) is 9.62. The summed E-state index contributed by atoms with van der Waals surface area (Å²) in [7, 11) is 6.98. The van der Waals surface area contributed by atoms with Gasteiger partial charge in [-0.05, 0) is 86.3 Å². The van der Waals surface area contributed by atoms with Crippen LogP contribution in [0.2, 0.25) is 0 Å². The smallest absolute Gasteiger partial charge is 0.319 e. The summed E-state index contributed by atoms with van der Waals surface area (Å²) < 4.78 is 76.2. The quantitative estimate of drug-likeness (QED) is 0.157. The molecule has 9 rings (SSSR count). The number of phenolic OH excluding ortho intramolecular Hbond substituents is 1. The first-order valence-electron chi connectivity index (χ1n) is 18.8. The molecule has 1 N–H and O–H groups in total. The number of rotatable bonds is 10. The minimum absolute atomic E-state index is 0.0515. The third-order valence-corrected chi connectivity index (χ3v) is 12.4. The Morgan fingerprint density at radius 3 is 2.37 bits per heavy atom. The largest absolute Gasteiger partial charge is 0.508 e. The Balaban J connectivity index is 1.25. The maximum atomic E-state index is 17.8. The van der Waals surface area contributed by atoms with Crippen LogP contribution in [0.5, 0.6) is 11.8 Å². The minimum atomic E-state index is -2.92. The van der Waals surface area contributed by atoms with Crippen LogP contribution in [0.25, 0.3) is 43.7 Å². The Kier molecular flexibility index (Phi) is 8.29. The van der Waals surface area contributed by atoms with Crippen molar-refractivity contribution in [1.82, 2.24) is 29.5 Å². The van der Waals surface area contributed by atoms with E-state index in [2.05, 4.69) is 14.8 Å². The van der Waals surface area contributed by atoms with Crippen LogP contribution in [-0.2, 0) is 18.2 Å². The first-order chi connectivity index (χ1) is 25.8. The molecule has 3 atom stereocenters. The molecule has 10 nitrogen and oxygen atoms in total. The molecular formula is C40H45F4N7O3. The zero-order valence-corrected chi connectivity index (χ0v) is 31.2. The predicted molar refractivity (Wildman–Crippen MR) is 198 cm³/mol. The molecule has 5 aromatic rings. The molecule has 3 aromatic carbocycles. The van der Waals surface area contributed by atoms with Gasteiger partial charge in [-0.3, -0.25) is 9.58 Å². The lowest BCUT2D eigenvalue weighted by molar-refractivity contribution is -0.0328. The van der Waals surface area contributed by atoms with Gasteiger partial charge in [0.2, 0.25) is 0 Å². The number of fused-ring (bicyclic) bond motifs is 6. The summed E-state index contributed by atoms with van der Waals surface area (Å²) in [6.07, 6.45) is 5.88. The number of piperazine rings is 1. The summed E-state index contributed by atoms with van der Waals surface area (Å²) in [5, 5.41) is 17.7. The highest BCUT2D eigenvalue weighted by Gasteiger charge is 2.71. The van der Waals surface area contributed by atoms with Gasteiger partial charge in [-0.25, -0.2) is 17.6 Å². The van der Waals surface area contributed by atoms with Crippen LogP contribution in [0.3, 0.4) is 0 Å². The normalized spacial score (nSPS) is 26.4. The van der Waals surface area contributed by atoms with E-state index in [9.17, 15) is 13.9 Å². The molecule has 14 heteroatoms. The van der Waals surface area contributed by atoms with Gasteiger partial charge < -0.3 is 24.4 Å². The molecule has 0 spiro atoms. The fraction of sp³-hybridized carbons (Fsp3) is 0.525. The van der Waals surface area contributed by atoms with Crippen molar-refractivity contribution in [2.24, 2.45) is 12.5 Å². The molecule has 54 heavy (non-hydrogen) atoms. The van der Waals surface area contributed by atoms with Crippen LogP contribution in [-0.4, -0.2) is 112 Å². The predicted octanol–water partition coefficient (Wildman–Crippen LogP) is 6.68. The van der Waals surface area contributed by atoms with Gasteiger partial charge in [0.25, 0.3) is 5.92 Å². The summed E-state index contributed by atoms with van der Waals surface area (Å²) >= 11 is 0. The van der Waals surface area contributed by atoms with Gasteiger partial charge in [-0.1, -0.05) is 13.0 Å². The number of nitrogens with zero attached hydrogens (tertiary/aromatic N) is 7. The van der Waals surface area contributed by atoms with E-state index >= 15 is 8.78 Å². The molecule has 0 radical (unpaired) electrons. The Morgan fingerprint density at radius 2 is 1.72 bits per heavy atom. The molecule has 4 aliphatic rings. The van der Waals surface area contributed by atoms with Crippen molar-refractivity contribution in [3.63, 3.8) is 0 Å². The maximum Gasteiger partial charge on any atom is 0.319 e. The molecule has 2 saturated carbocycles. The van der Waals surface area contributed by atoms with Crippen molar-refractivity contribution in [1.29, 1.82) is 0 Å². The standard InChI is InChI=1S/C40H45F4N7O3/c1-6-27-30(41)10-7-21-11-25(52)14-28(31(21)27)32-34(42)36-33(29-17-49(4)47-35(29)32)37(46-38(45-36)54-20-39(19-48(2)3)18-40(39,43)44)51-22-8-9-23(51)16-50(15-22)24-12-26(13-24)53-5/h7,10-11,14,17,22-24,26,52H,6,8-9,12-13,15-16,18-20H2,1-5H3/t22?,23?,24?,26?,39-/m1/s1. The van der Waals surface area contributed by atoms with E-state index in [1.165, 1.54) is 18.2 Å². The van der Waals surface area contributed by atoms with E-state index in [4.69, 9.17) is 19.6 Å². The summed E-state index contributed by atoms with van der Waals surface area (Å²) in [6, 6.07) is 6.29. The van der Waals surface area contributed by atoms with Gasteiger partial charge >= 0.3 is 6.01 Å². The molecule has 2 aliphatic heterocycles. The molecule has 2 aliphatic carbocycles. The zero-order chi connectivity index (χ0) is 37.8. The average Bonchev–Trinajstić information content (AvgIpc) is 3.28. The van der Waals surface area contributed by atoms with Crippen LogP contribution in [0, 0.1) is 17.0 Å². The Labute approximate surface area is 310 Å². The highest BCUT2D eigenvalue weighted by molar-refractivity contribution is 6.18. The number of hydrogen-bond donors (Lipinski definition) is 1.